The van der Waals surface area contributed by atoms with Crippen LogP contribution < -0.4 is 4.90 Å². The molecule has 0 aromatic carbocycles. The molecule has 0 saturated carbocycles. The monoisotopic (exact) mass is 229 g/mol. The standard InChI is InChI=1S/C13H15N3O/c1-10(17)12-6-2-3-8-16(12)13-7-4-5-11(9-14)15-13/h4-5,7,12H,2-3,6,8H2,1H3. The number of nitrogens with zero attached hydrogens (tertiary/aromatic N) is 3. The molecule has 1 aromatic rings. The molecule has 0 N–H and O–H groups in total. The second-order valence-electron chi connectivity index (χ2n) is 4.31. The highest BCUT2D eigenvalue weighted by Gasteiger charge is 2.26. The molecule has 1 aliphatic rings. The Morgan fingerprint density at radius 1 is 1.53 bits per heavy atom. The summed E-state index contributed by atoms with van der Waals surface area (Å²) in [4.78, 5) is 17.9. The Balaban J connectivity index is 2.29. The lowest BCUT2D eigenvalue weighted by Crippen LogP contribution is -2.44. The van der Waals surface area contributed by atoms with Crippen molar-refractivity contribution < 1.29 is 4.79 Å². The predicted octanol–water partition coefficient (Wildman–Crippen LogP) is 1.90. The Morgan fingerprint density at radius 3 is 3.06 bits per heavy atom. The van der Waals surface area contributed by atoms with Gasteiger partial charge in [-0.2, -0.15) is 5.26 Å². The summed E-state index contributed by atoms with van der Waals surface area (Å²) >= 11 is 0. The molecule has 0 amide bonds. The summed E-state index contributed by atoms with van der Waals surface area (Å²) < 4.78 is 0. The van der Waals surface area contributed by atoms with Crippen molar-refractivity contribution in [3.8, 4) is 6.07 Å². The maximum absolute atomic E-state index is 11.6. The number of Topliss-reactive ketones (excluding diaryl/α,β-unsaturated/α-hetero) is 1. The summed E-state index contributed by atoms with van der Waals surface area (Å²) in [6, 6.07) is 7.30. The van der Waals surface area contributed by atoms with Gasteiger partial charge in [-0.25, -0.2) is 4.98 Å². The van der Waals surface area contributed by atoms with Crippen LogP contribution in [0.3, 0.4) is 0 Å². The Morgan fingerprint density at radius 2 is 2.35 bits per heavy atom. The fourth-order valence-electron chi connectivity index (χ4n) is 2.27. The zero-order valence-corrected chi connectivity index (χ0v) is 9.89. The van der Waals surface area contributed by atoms with E-state index in [1.165, 1.54) is 0 Å². The molecular weight excluding hydrogens is 214 g/mol. The van der Waals surface area contributed by atoms with E-state index in [1.54, 1.807) is 13.0 Å². The fraction of sp³-hybridized carbons (Fsp3) is 0.462. The number of ketones is 1. The molecule has 1 atom stereocenters. The van der Waals surface area contributed by atoms with Gasteiger partial charge in [0.2, 0.25) is 0 Å². The van der Waals surface area contributed by atoms with E-state index in [4.69, 9.17) is 5.26 Å². The van der Waals surface area contributed by atoms with Crippen LogP contribution in [-0.4, -0.2) is 23.4 Å². The lowest BCUT2D eigenvalue weighted by molar-refractivity contribution is -0.118. The van der Waals surface area contributed by atoms with Crippen LogP contribution in [0.25, 0.3) is 0 Å². The molecule has 1 unspecified atom stereocenters. The average Bonchev–Trinajstić information content (AvgIpc) is 2.39. The van der Waals surface area contributed by atoms with Gasteiger partial charge >= 0.3 is 0 Å². The molecule has 1 fully saturated rings. The van der Waals surface area contributed by atoms with Crippen LogP contribution in [0.15, 0.2) is 18.2 Å². The van der Waals surface area contributed by atoms with Gasteiger partial charge in [0.25, 0.3) is 0 Å². The van der Waals surface area contributed by atoms with Crippen molar-refractivity contribution in [2.45, 2.75) is 32.2 Å². The first-order valence-electron chi connectivity index (χ1n) is 5.86. The quantitative estimate of drug-likeness (QED) is 0.777. The summed E-state index contributed by atoms with van der Waals surface area (Å²) in [5.41, 5.74) is 0.398. The highest BCUT2D eigenvalue weighted by Crippen LogP contribution is 2.23. The molecule has 2 rings (SSSR count). The number of anilines is 1. The number of hydrogen-bond donors (Lipinski definition) is 0. The minimum atomic E-state index is -0.0785. The fourth-order valence-corrected chi connectivity index (χ4v) is 2.27. The predicted molar refractivity (Wildman–Crippen MR) is 64.6 cm³/mol. The molecule has 4 heteroatoms. The summed E-state index contributed by atoms with van der Waals surface area (Å²) in [7, 11) is 0. The molecule has 17 heavy (non-hydrogen) atoms. The second kappa shape index (κ2) is 4.96. The Kier molecular flexibility index (Phi) is 3.38. The zero-order valence-electron chi connectivity index (χ0n) is 9.89. The third-order valence-electron chi connectivity index (χ3n) is 3.12. The van der Waals surface area contributed by atoms with Gasteiger partial charge in [-0.1, -0.05) is 6.07 Å². The van der Waals surface area contributed by atoms with E-state index in [1.807, 2.05) is 23.1 Å². The van der Waals surface area contributed by atoms with Gasteiger partial charge in [-0.3, -0.25) is 4.79 Å². The number of hydrogen-bond acceptors (Lipinski definition) is 4. The van der Waals surface area contributed by atoms with Crippen molar-refractivity contribution in [2.75, 3.05) is 11.4 Å². The van der Waals surface area contributed by atoms with E-state index in [2.05, 4.69) is 4.98 Å². The Labute approximate surface area is 101 Å². The number of pyridine rings is 1. The van der Waals surface area contributed by atoms with E-state index >= 15 is 0 Å². The molecule has 0 aliphatic carbocycles. The first kappa shape index (κ1) is 11.6. The Hall–Kier alpha value is -1.89. The largest absolute Gasteiger partial charge is 0.347 e. The molecule has 88 valence electrons. The number of carbonyl (C=O) groups is 1. The molecule has 0 spiro atoms. The number of nitriles is 1. The summed E-state index contributed by atoms with van der Waals surface area (Å²) in [6.07, 6.45) is 3.04. The van der Waals surface area contributed by atoms with Crippen LogP contribution in [0.5, 0.6) is 0 Å². The van der Waals surface area contributed by atoms with Crippen molar-refractivity contribution in [1.82, 2.24) is 4.98 Å². The van der Waals surface area contributed by atoms with Gasteiger partial charge in [0.1, 0.15) is 17.6 Å². The molecule has 4 nitrogen and oxygen atoms in total. The SMILES string of the molecule is CC(=O)C1CCCCN1c1cccc(C#N)n1. The Bertz CT molecular complexity index is 464. The molecule has 0 bridgehead atoms. The highest BCUT2D eigenvalue weighted by molar-refractivity contribution is 5.84. The van der Waals surface area contributed by atoms with E-state index < -0.39 is 0 Å². The van der Waals surface area contributed by atoms with E-state index in [-0.39, 0.29) is 11.8 Å². The first-order chi connectivity index (χ1) is 8.22. The summed E-state index contributed by atoms with van der Waals surface area (Å²) in [6.45, 7) is 2.46. The van der Waals surface area contributed by atoms with E-state index in [0.717, 1.165) is 31.6 Å². The summed E-state index contributed by atoms with van der Waals surface area (Å²) in [5, 5.41) is 8.84. The van der Waals surface area contributed by atoms with Gasteiger partial charge in [0.15, 0.2) is 5.78 Å². The van der Waals surface area contributed by atoms with Gasteiger partial charge in [-0.15, -0.1) is 0 Å². The molecule has 1 saturated heterocycles. The van der Waals surface area contributed by atoms with Gasteiger partial charge in [0.05, 0.1) is 6.04 Å². The van der Waals surface area contributed by atoms with Crippen LogP contribution in [0.1, 0.15) is 31.9 Å². The number of carbonyl (C=O) groups excluding carboxylic acids is 1. The third-order valence-corrected chi connectivity index (χ3v) is 3.12. The van der Waals surface area contributed by atoms with E-state index in [9.17, 15) is 4.79 Å². The van der Waals surface area contributed by atoms with Crippen molar-refractivity contribution in [2.24, 2.45) is 0 Å². The smallest absolute Gasteiger partial charge is 0.152 e. The van der Waals surface area contributed by atoms with Crippen LogP contribution in [0, 0.1) is 11.3 Å². The molecule has 1 aliphatic heterocycles. The topological polar surface area (TPSA) is 57.0 Å². The molecule has 1 aromatic heterocycles. The van der Waals surface area contributed by atoms with E-state index in [0.29, 0.717) is 5.69 Å². The highest BCUT2D eigenvalue weighted by atomic mass is 16.1. The second-order valence-corrected chi connectivity index (χ2v) is 4.31. The molecular formula is C13H15N3O. The minimum absolute atomic E-state index is 0.0785. The van der Waals surface area contributed by atoms with Crippen LogP contribution in [0.4, 0.5) is 5.82 Å². The van der Waals surface area contributed by atoms with Crippen molar-refractivity contribution in [1.29, 1.82) is 5.26 Å². The normalized spacial score (nSPS) is 19.8. The number of piperidine rings is 1. The molecule has 2 heterocycles. The lowest BCUT2D eigenvalue weighted by Gasteiger charge is -2.35. The zero-order chi connectivity index (χ0) is 12.3. The summed E-state index contributed by atoms with van der Waals surface area (Å²) in [5.74, 6) is 0.915. The number of aromatic nitrogens is 1. The van der Waals surface area contributed by atoms with Crippen LogP contribution in [-0.2, 0) is 4.79 Å². The average molecular weight is 229 g/mol. The van der Waals surface area contributed by atoms with Crippen molar-refractivity contribution in [3.05, 3.63) is 23.9 Å². The van der Waals surface area contributed by atoms with Gasteiger partial charge in [0, 0.05) is 6.54 Å². The maximum Gasteiger partial charge on any atom is 0.152 e. The van der Waals surface area contributed by atoms with Crippen LogP contribution >= 0.6 is 0 Å². The van der Waals surface area contributed by atoms with Gasteiger partial charge in [-0.05, 0) is 38.3 Å². The maximum atomic E-state index is 11.6. The third kappa shape index (κ3) is 2.44. The lowest BCUT2D eigenvalue weighted by atomic mass is 9.99. The first-order valence-corrected chi connectivity index (χ1v) is 5.86. The van der Waals surface area contributed by atoms with Crippen molar-refractivity contribution >= 4 is 11.6 Å². The minimum Gasteiger partial charge on any atom is -0.347 e. The molecule has 0 radical (unpaired) electrons. The van der Waals surface area contributed by atoms with Crippen molar-refractivity contribution in [3.63, 3.8) is 0 Å². The van der Waals surface area contributed by atoms with Gasteiger partial charge < -0.3 is 4.90 Å². The number of rotatable bonds is 2. The van der Waals surface area contributed by atoms with Crippen LogP contribution in [0.2, 0.25) is 0 Å².